The summed E-state index contributed by atoms with van der Waals surface area (Å²) in [6, 6.07) is 13.5. The molecule has 2 aromatic rings. The lowest BCUT2D eigenvalue weighted by atomic mass is 9.98. The molecule has 1 atom stereocenters. The third-order valence-corrected chi connectivity index (χ3v) is 4.73. The first kappa shape index (κ1) is 17.5. The highest BCUT2D eigenvalue weighted by Crippen LogP contribution is 2.37. The molecule has 1 amide bonds. The molecule has 130 valence electrons. The van der Waals surface area contributed by atoms with Gasteiger partial charge in [0.2, 0.25) is 5.91 Å². The van der Waals surface area contributed by atoms with Crippen LogP contribution in [-0.4, -0.2) is 30.8 Å². The minimum absolute atomic E-state index is 0.0908. The molecule has 0 saturated heterocycles. The van der Waals surface area contributed by atoms with E-state index in [1.54, 1.807) is 19.2 Å². The van der Waals surface area contributed by atoms with Gasteiger partial charge in [-0.05, 0) is 35.4 Å². The molecule has 0 spiro atoms. The van der Waals surface area contributed by atoms with Crippen molar-refractivity contribution in [3.8, 4) is 11.5 Å². The number of rotatable bonds is 4. The van der Waals surface area contributed by atoms with Crippen molar-refractivity contribution in [3.63, 3.8) is 0 Å². The van der Waals surface area contributed by atoms with E-state index in [2.05, 4.69) is 21.0 Å². The monoisotopic (exact) mass is 402 g/mol. The molecular formula is C19H19BrN2O3. The Morgan fingerprint density at radius 3 is 2.40 bits per heavy atom. The van der Waals surface area contributed by atoms with Gasteiger partial charge in [0, 0.05) is 17.8 Å². The quantitative estimate of drug-likeness (QED) is 0.770. The summed E-state index contributed by atoms with van der Waals surface area (Å²) < 4.78 is 11.7. The molecule has 5 nitrogen and oxygen atoms in total. The first-order chi connectivity index (χ1) is 12.0. The lowest BCUT2D eigenvalue weighted by Crippen LogP contribution is -2.24. The van der Waals surface area contributed by atoms with Crippen LogP contribution in [0.4, 0.5) is 0 Å². The minimum Gasteiger partial charge on any atom is -0.493 e. The van der Waals surface area contributed by atoms with Crippen molar-refractivity contribution in [3.05, 3.63) is 58.1 Å². The minimum atomic E-state index is -0.157. The molecule has 0 aromatic heterocycles. The zero-order chi connectivity index (χ0) is 18.0. The number of carbonyl (C=O) groups excluding carboxylic acids is 1. The third-order valence-electron chi connectivity index (χ3n) is 4.20. The van der Waals surface area contributed by atoms with E-state index in [9.17, 15) is 4.79 Å². The van der Waals surface area contributed by atoms with Crippen molar-refractivity contribution in [2.24, 2.45) is 5.10 Å². The standard InChI is InChI=1S/C19H19BrN2O3/c1-12(23)22-17(14-6-9-18(24-2)19(10-14)25-3)11-16(21-22)13-4-7-15(20)8-5-13/h4-10,17H,11H2,1-3H3/t17-/m1/s1. The van der Waals surface area contributed by atoms with Crippen molar-refractivity contribution in [1.29, 1.82) is 0 Å². The van der Waals surface area contributed by atoms with E-state index in [-0.39, 0.29) is 11.9 Å². The SMILES string of the molecule is COc1ccc([C@H]2CC(c3ccc(Br)cc3)=NN2C(C)=O)cc1OC. The second-order valence-electron chi connectivity index (χ2n) is 5.75. The Labute approximate surface area is 155 Å². The maximum Gasteiger partial charge on any atom is 0.240 e. The summed E-state index contributed by atoms with van der Waals surface area (Å²) in [4.78, 5) is 12.1. The molecule has 1 aliphatic heterocycles. The molecule has 0 fully saturated rings. The van der Waals surface area contributed by atoms with Crippen molar-refractivity contribution in [2.45, 2.75) is 19.4 Å². The zero-order valence-corrected chi connectivity index (χ0v) is 15.9. The predicted octanol–water partition coefficient (Wildman–Crippen LogP) is 4.16. The lowest BCUT2D eigenvalue weighted by Gasteiger charge is -2.21. The molecule has 25 heavy (non-hydrogen) atoms. The number of halogens is 1. The molecule has 0 radical (unpaired) electrons. The van der Waals surface area contributed by atoms with Crippen molar-refractivity contribution in [2.75, 3.05) is 14.2 Å². The van der Waals surface area contributed by atoms with E-state index in [1.165, 1.54) is 6.92 Å². The van der Waals surface area contributed by atoms with Crippen LogP contribution < -0.4 is 9.47 Å². The first-order valence-corrected chi connectivity index (χ1v) is 8.68. The van der Waals surface area contributed by atoms with Crippen molar-refractivity contribution in [1.82, 2.24) is 5.01 Å². The molecule has 1 heterocycles. The normalized spacial score (nSPS) is 16.6. The van der Waals surface area contributed by atoms with Gasteiger partial charge in [0.15, 0.2) is 11.5 Å². The number of nitrogens with zero attached hydrogens (tertiary/aromatic N) is 2. The highest BCUT2D eigenvalue weighted by molar-refractivity contribution is 9.10. The molecule has 2 aromatic carbocycles. The van der Waals surface area contributed by atoms with Crippen LogP contribution in [0.15, 0.2) is 52.0 Å². The Balaban J connectivity index is 1.94. The van der Waals surface area contributed by atoms with Crippen LogP contribution in [0, 0.1) is 0 Å². The molecule has 3 rings (SSSR count). The Kier molecular flexibility index (Phi) is 5.08. The summed E-state index contributed by atoms with van der Waals surface area (Å²) in [5.41, 5.74) is 2.86. The number of methoxy groups -OCH3 is 2. The highest BCUT2D eigenvalue weighted by atomic mass is 79.9. The van der Waals surface area contributed by atoms with Crippen LogP contribution >= 0.6 is 15.9 Å². The largest absolute Gasteiger partial charge is 0.493 e. The van der Waals surface area contributed by atoms with Gasteiger partial charge in [-0.15, -0.1) is 0 Å². The smallest absolute Gasteiger partial charge is 0.240 e. The second-order valence-corrected chi connectivity index (χ2v) is 6.67. The van der Waals surface area contributed by atoms with Crippen LogP contribution in [-0.2, 0) is 4.79 Å². The van der Waals surface area contributed by atoms with Gasteiger partial charge in [-0.1, -0.05) is 34.1 Å². The maximum absolute atomic E-state index is 12.1. The summed E-state index contributed by atoms with van der Waals surface area (Å²) in [7, 11) is 3.20. The number of benzene rings is 2. The van der Waals surface area contributed by atoms with Crippen LogP contribution in [0.3, 0.4) is 0 Å². The highest BCUT2D eigenvalue weighted by Gasteiger charge is 2.31. The summed E-state index contributed by atoms with van der Waals surface area (Å²) in [5, 5.41) is 6.10. The van der Waals surface area contributed by atoms with Gasteiger partial charge >= 0.3 is 0 Å². The maximum atomic E-state index is 12.1. The number of hydrogen-bond acceptors (Lipinski definition) is 4. The van der Waals surface area contributed by atoms with E-state index in [1.807, 2.05) is 42.5 Å². The van der Waals surface area contributed by atoms with E-state index in [0.29, 0.717) is 17.9 Å². The number of hydrazone groups is 1. The van der Waals surface area contributed by atoms with E-state index in [4.69, 9.17) is 9.47 Å². The van der Waals surface area contributed by atoms with Crippen LogP contribution in [0.2, 0.25) is 0 Å². The van der Waals surface area contributed by atoms with Gasteiger partial charge in [-0.3, -0.25) is 4.79 Å². The van der Waals surface area contributed by atoms with E-state index < -0.39 is 0 Å². The fourth-order valence-corrected chi connectivity index (χ4v) is 3.20. The fourth-order valence-electron chi connectivity index (χ4n) is 2.94. The topological polar surface area (TPSA) is 51.1 Å². The zero-order valence-electron chi connectivity index (χ0n) is 14.3. The van der Waals surface area contributed by atoms with Crippen LogP contribution in [0.5, 0.6) is 11.5 Å². The summed E-state index contributed by atoms with van der Waals surface area (Å²) in [6.07, 6.45) is 0.649. The van der Waals surface area contributed by atoms with Gasteiger partial charge in [0.1, 0.15) is 0 Å². The van der Waals surface area contributed by atoms with Gasteiger partial charge < -0.3 is 9.47 Å². The average molecular weight is 403 g/mol. The first-order valence-electron chi connectivity index (χ1n) is 7.88. The van der Waals surface area contributed by atoms with Crippen molar-refractivity contribution < 1.29 is 14.3 Å². The summed E-state index contributed by atoms with van der Waals surface area (Å²) >= 11 is 3.44. The average Bonchev–Trinajstić information content (AvgIpc) is 3.07. The molecule has 6 heteroatoms. The Morgan fingerprint density at radius 2 is 1.80 bits per heavy atom. The Hall–Kier alpha value is -2.34. The second kappa shape index (κ2) is 7.27. The van der Waals surface area contributed by atoms with Gasteiger partial charge in [0.05, 0.1) is 26.0 Å². The number of ether oxygens (including phenoxy) is 2. The number of hydrogen-bond donors (Lipinski definition) is 0. The van der Waals surface area contributed by atoms with Crippen LogP contribution in [0.1, 0.15) is 30.5 Å². The Bertz CT molecular complexity index is 818. The third kappa shape index (κ3) is 3.54. The lowest BCUT2D eigenvalue weighted by molar-refractivity contribution is -0.130. The van der Waals surface area contributed by atoms with Gasteiger partial charge in [-0.25, -0.2) is 5.01 Å². The fraction of sp³-hybridized carbons (Fsp3) is 0.263. The molecule has 1 aliphatic rings. The van der Waals surface area contributed by atoms with Gasteiger partial charge in [0.25, 0.3) is 0 Å². The molecule has 0 aliphatic carbocycles. The van der Waals surface area contributed by atoms with Crippen LogP contribution in [0.25, 0.3) is 0 Å². The predicted molar refractivity (Wildman–Crippen MR) is 100 cm³/mol. The molecule has 0 unspecified atom stereocenters. The summed E-state index contributed by atoms with van der Waals surface area (Å²) in [5.74, 6) is 1.21. The summed E-state index contributed by atoms with van der Waals surface area (Å²) in [6.45, 7) is 1.53. The van der Waals surface area contributed by atoms with E-state index in [0.717, 1.165) is 21.3 Å². The molecule has 0 bridgehead atoms. The Morgan fingerprint density at radius 1 is 1.12 bits per heavy atom. The molecular weight excluding hydrogens is 384 g/mol. The van der Waals surface area contributed by atoms with Crippen molar-refractivity contribution >= 4 is 27.5 Å². The number of amides is 1. The number of carbonyl (C=O) groups is 1. The molecule has 0 N–H and O–H groups in total. The van der Waals surface area contributed by atoms with Gasteiger partial charge in [-0.2, -0.15) is 5.10 Å². The van der Waals surface area contributed by atoms with E-state index >= 15 is 0 Å². The molecule has 0 saturated carbocycles.